The Morgan fingerprint density at radius 2 is 2.28 bits per heavy atom. The fourth-order valence-corrected chi connectivity index (χ4v) is 1.30. The molecule has 0 saturated heterocycles. The Balaban J connectivity index is 2.06. The van der Waals surface area contributed by atoms with Gasteiger partial charge in [-0.1, -0.05) is 5.16 Å². The molecule has 18 heavy (non-hydrogen) atoms. The van der Waals surface area contributed by atoms with Crippen LogP contribution in [0.3, 0.4) is 0 Å². The summed E-state index contributed by atoms with van der Waals surface area (Å²) in [4.78, 5) is 5.59. The van der Waals surface area contributed by atoms with E-state index in [1.807, 2.05) is 13.8 Å². The van der Waals surface area contributed by atoms with Gasteiger partial charge in [0.15, 0.2) is 11.5 Å². The molecule has 0 aliphatic heterocycles. The van der Waals surface area contributed by atoms with E-state index in [-0.39, 0.29) is 6.10 Å². The van der Waals surface area contributed by atoms with Crippen LogP contribution in [0.25, 0.3) is 11.6 Å². The van der Waals surface area contributed by atoms with Crippen molar-refractivity contribution in [3.63, 3.8) is 0 Å². The van der Waals surface area contributed by atoms with Gasteiger partial charge in [0, 0.05) is 7.05 Å². The van der Waals surface area contributed by atoms with Gasteiger partial charge in [-0.3, -0.25) is 0 Å². The van der Waals surface area contributed by atoms with Crippen LogP contribution in [0.4, 0.5) is 0 Å². The van der Waals surface area contributed by atoms with Crippen molar-refractivity contribution in [2.75, 3.05) is 6.61 Å². The van der Waals surface area contributed by atoms with Crippen molar-refractivity contribution in [1.29, 1.82) is 0 Å². The molecule has 8 heteroatoms. The summed E-state index contributed by atoms with van der Waals surface area (Å²) in [7, 11) is 1.71. The minimum atomic E-state index is -0.415. The number of aromatic nitrogens is 5. The van der Waals surface area contributed by atoms with E-state index in [1.165, 1.54) is 4.80 Å². The molecule has 0 radical (unpaired) electrons. The number of nitrogens with zero attached hydrogens (tertiary/aromatic N) is 5. The van der Waals surface area contributed by atoms with Gasteiger partial charge in [-0.25, -0.2) is 0 Å². The first-order valence-corrected chi connectivity index (χ1v) is 5.63. The SMILES string of the molecule is CC(C)OCC(N)c1noc(-c2cnn(C)n2)n1. The Labute approximate surface area is 104 Å². The summed E-state index contributed by atoms with van der Waals surface area (Å²) in [5.41, 5.74) is 6.41. The topological polar surface area (TPSA) is 105 Å². The Kier molecular flexibility index (Phi) is 3.68. The Bertz CT molecular complexity index is 506. The lowest BCUT2D eigenvalue weighted by Gasteiger charge is -2.10. The molecule has 0 aliphatic carbocycles. The van der Waals surface area contributed by atoms with E-state index in [2.05, 4.69) is 20.3 Å². The lowest BCUT2D eigenvalue weighted by molar-refractivity contribution is 0.0665. The van der Waals surface area contributed by atoms with Gasteiger partial charge in [0.25, 0.3) is 5.89 Å². The molecule has 2 heterocycles. The quantitative estimate of drug-likeness (QED) is 0.815. The van der Waals surface area contributed by atoms with Crippen LogP contribution < -0.4 is 5.73 Å². The lowest BCUT2D eigenvalue weighted by Crippen LogP contribution is -2.20. The van der Waals surface area contributed by atoms with E-state index in [4.69, 9.17) is 15.0 Å². The molecule has 0 spiro atoms. The van der Waals surface area contributed by atoms with E-state index in [0.29, 0.717) is 24.0 Å². The van der Waals surface area contributed by atoms with Crippen molar-refractivity contribution in [3.8, 4) is 11.6 Å². The maximum Gasteiger partial charge on any atom is 0.280 e. The largest absolute Gasteiger partial charge is 0.377 e. The zero-order chi connectivity index (χ0) is 13.1. The van der Waals surface area contributed by atoms with Crippen LogP contribution in [0.1, 0.15) is 25.7 Å². The maximum atomic E-state index is 5.89. The molecule has 0 fully saturated rings. The van der Waals surface area contributed by atoms with Gasteiger partial charge in [-0.2, -0.15) is 14.9 Å². The van der Waals surface area contributed by atoms with Crippen LogP contribution >= 0.6 is 0 Å². The molecule has 2 rings (SSSR count). The van der Waals surface area contributed by atoms with Crippen LogP contribution in [0.5, 0.6) is 0 Å². The number of aryl methyl sites for hydroxylation is 1. The van der Waals surface area contributed by atoms with Crippen molar-refractivity contribution < 1.29 is 9.26 Å². The van der Waals surface area contributed by atoms with E-state index in [1.54, 1.807) is 13.2 Å². The van der Waals surface area contributed by atoms with Crippen LogP contribution in [-0.2, 0) is 11.8 Å². The number of rotatable bonds is 5. The highest BCUT2D eigenvalue weighted by Gasteiger charge is 2.17. The second kappa shape index (κ2) is 5.23. The number of nitrogens with two attached hydrogens (primary N) is 1. The average molecular weight is 252 g/mol. The first-order chi connectivity index (χ1) is 8.56. The molecule has 0 bridgehead atoms. The summed E-state index contributed by atoms with van der Waals surface area (Å²) in [6.07, 6.45) is 1.66. The predicted molar refractivity (Wildman–Crippen MR) is 62.3 cm³/mol. The summed E-state index contributed by atoms with van der Waals surface area (Å²) in [6, 6.07) is -0.415. The zero-order valence-electron chi connectivity index (χ0n) is 10.6. The molecule has 0 saturated carbocycles. The van der Waals surface area contributed by atoms with E-state index < -0.39 is 6.04 Å². The smallest absolute Gasteiger partial charge is 0.280 e. The minimum absolute atomic E-state index is 0.113. The monoisotopic (exact) mass is 252 g/mol. The summed E-state index contributed by atoms with van der Waals surface area (Å²) in [5, 5.41) is 11.8. The van der Waals surface area contributed by atoms with Crippen LogP contribution in [0, 0.1) is 0 Å². The molecular formula is C10H16N6O2. The van der Waals surface area contributed by atoms with Gasteiger partial charge in [-0.05, 0) is 13.8 Å². The van der Waals surface area contributed by atoms with Gasteiger partial charge < -0.3 is 15.0 Å². The molecule has 0 amide bonds. The second-order valence-electron chi connectivity index (χ2n) is 4.17. The molecule has 2 aromatic heterocycles. The van der Waals surface area contributed by atoms with Crippen molar-refractivity contribution in [3.05, 3.63) is 12.0 Å². The molecule has 1 unspecified atom stereocenters. The number of hydrogen-bond acceptors (Lipinski definition) is 7. The third-order valence-corrected chi connectivity index (χ3v) is 2.20. The molecule has 0 aliphatic rings. The summed E-state index contributed by atoms with van der Waals surface area (Å²) in [5.74, 6) is 0.703. The fourth-order valence-electron chi connectivity index (χ4n) is 1.30. The molecule has 2 N–H and O–H groups in total. The lowest BCUT2D eigenvalue weighted by atomic mass is 10.3. The molecule has 1 atom stereocenters. The van der Waals surface area contributed by atoms with Gasteiger partial charge in [0.2, 0.25) is 0 Å². The Hall–Kier alpha value is -1.80. The first-order valence-electron chi connectivity index (χ1n) is 5.63. The molecule has 2 aromatic rings. The summed E-state index contributed by atoms with van der Waals surface area (Å²) in [6.45, 7) is 4.22. The third kappa shape index (κ3) is 2.90. The molecule has 8 nitrogen and oxygen atoms in total. The highest BCUT2D eigenvalue weighted by Crippen LogP contribution is 2.15. The number of ether oxygens (including phenoxy) is 1. The highest BCUT2D eigenvalue weighted by atomic mass is 16.5. The molecular weight excluding hydrogens is 236 g/mol. The van der Waals surface area contributed by atoms with Gasteiger partial charge in [-0.15, -0.1) is 5.10 Å². The van der Waals surface area contributed by atoms with Crippen molar-refractivity contribution in [2.24, 2.45) is 12.8 Å². The normalized spacial score (nSPS) is 13.2. The van der Waals surface area contributed by atoms with Crippen LogP contribution in [-0.4, -0.2) is 37.8 Å². The third-order valence-electron chi connectivity index (χ3n) is 2.20. The summed E-state index contributed by atoms with van der Waals surface area (Å²) >= 11 is 0. The zero-order valence-corrected chi connectivity index (χ0v) is 10.6. The van der Waals surface area contributed by atoms with Crippen molar-refractivity contribution >= 4 is 0 Å². The first kappa shape index (κ1) is 12.7. The van der Waals surface area contributed by atoms with E-state index >= 15 is 0 Å². The van der Waals surface area contributed by atoms with Crippen LogP contribution in [0.15, 0.2) is 10.7 Å². The van der Waals surface area contributed by atoms with Gasteiger partial charge in [0.05, 0.1) is 24.9 Å². The maximum absolute atomic E-state index is 5.89. The second-order valence-corrected chi connectivity index (χ2v) is 4.17. The number of hydrogen-bond donors (Lipinski definition) is 1. The summed E-state index contributed by atoms with van der Waals surface area (Å²) < 4.78 is 10.5. The van der Waals surface area contributed by atoms with E-state index in [0.717, 1.165) is 0 Å². The van der Waals surface area contributed by atoms with Gasteiger partial charge in [0.1, 0.15) is 0 Å². The van der Waals surface area contributed by atoms with Gasteiger partial charge >= 0.3 is 0 Å². The van der Waals surface area contributed by atoms with Crippen molar-refractivity contribution in [2.45, 2.75) is 26.0 Å². The Morgan fingerprint density at radius 1 is 1.50 bits per heavy atom. The highest BCUT2D eigenvalue weighted by molar-refractivity contribution is 5.43. The fraction of sp³-hybridized carbons (Fsp3) is 0.600. The molecule has 0 aromatic carbocycles. The Morgan fingerprint density at radius 3 is 2.89 bits per heavy atom. The van der Waals surface area contributed by atoms with Crippen LogP contribution in [0.2, 0.25) is 0 Å². The predicted octanol–water partition coefficient (Wildman–Crippen LogP) is 0.290. The van der Waals surface area contributed by atoms with Crippen molar-refractivity contribution in [1.82, 2.24) is 25.1 Å². The minimum Gasteiger partial charge on any atom is -0.377 e. The standard InChI is InChI=1S/C10H16N6O2/c1-6(2)17-5-7(11)9-13-10(18-15-9)8-4-12-16(3)14-8/h4,6-7H,5,11H2,1-3H3. The average Bonchev–Trinajstić information content (AvgIpc) is 2.93. The van der Waals surface area contributed by atoms with E-state index in [9.17, 15) is 0 Å². The molecule has 98 valence electrons.